The molecule has 4 nitrogen and oxygen atoms in total. The average Bonchev–Trinajstić information content (AvgIpc) is 3.09. The summed E-state index contributed by atoms with van der Waals surface area (Å²) >= 11 is 1.74. The molecule has 1 aromatic carbocycles. The Morgan fingerprint density at radius 2 is 2.09 bits per heavy atom. The minimum Gasteiger partial charge on any atom is -0.381 e. The fourth-order valence-electron chi connectivity index (χ4n) is 3.08. The summed E-state index contributed by atoms with van der Waals surface area (Å²) in [7, 11) is 0. The lowest BCUT2D eigenvalue weighted by Crippen LogP contribution is -2.49. The lowest BCUT2D eigenvalue weighted by atomic mass is 9.74. The van der Waals surface area contributed by atoms with E-state index in [0.717, 1.165) is 30.0 Å². The molecule has 1 unspecified atom stereocenters. The van der Waals surface area contributed by atoms with Gasteiger partial charge in [0, 0.05) is 36.8 Å². The smallest absolute Gasteiger partial charge is 0.238 e. The lowest BCUT2D eigenvalue weighted by molar-refractivity contribution is -0.122. The number of halogens is 1. The van der Waals surface area contributed by atoms with Crippen LogP contribution < -0.4 is 10.6 Å². The van der Waals surface area contributed by atoms with E-state index in [4.69, 9.17) is 4.74 Å². The van der Waals surface area contributed by atoms with Crippen LogP contribution in [0.3, 0.4) is 0 Å². The Morgan fingerprint density at radius 3 is 2.73 bits per heavy atom. The number of amides is 1. The zero-order valence-corrected chi connectivity index (χ0v) is 13.3. The van der Waals surface area contributed by atoms with Gasteiger partial charge in [-0.3, -0.25) is 10.1 Å². The molecule has 3 rings (SSSR count). The van der Waals surface area contributed by atoms with E-state index < -0.39 is 0 Å². The molecular formula is C16H21FN2O2S. The number of benzene rings is 1. The maximum Gasteiger partial charge on any atom is 0.238 e. The summed E-state index contributed by atoms with van der Waals surface area (Å²) in [6, 6.07) is 6.54. The monoisotopic (exact) mass is 324 g/mol. The van der Waals surface area contributed by atoms with E-state index in [1.165, 1.54) is 12.1 Å². The number of hydrogen-bond donors (Lipinski definition) is 2. The largest absolute Gasteiger partial charge is 0.381 e. The maximum atomic E-state index is 13.2. The number of thioether (sulfide) groups is 1. The van der Waals surface area contributed by atoms with Crippen LogP contribution >= 0.6 is 11.8 Å². The molecule has 0 aromatic heterocycles. The normalized spacial score (nSPS) is 24.1. The van der Waals surface area contributed by atoms with E-state index in [-0.39, 0.29) is 23.2 Å². The molecule has 0 saturated carbocycles. The SMILES string of the molecule is O=C(NCC1(c2ccc(F)cc2)CCOCC1)C1CSCN1. The molecule has 6 heteroatoms. The van der Waals surface area contributed by atoms with Gasteiger partial charge in [0.1, 0.15) is 5.82 Å². The number of ether oxygens (including phenoxy) is 1. The summed E-state index contributed by atoms with van der Waals surface area (Å²) < 4.78 is 18.7. The molecule has 1 aromatic rings. The first-order valence-corrected chi connectivity index (χ1v) is 8.78. The second-order valence-corrected chi connectivity index (χ2v) is 6.92. The second-order valence-electron chi connectivity index (χ2n) is 5.89. The molecule has 120 valence electrons. The van der Waals surface area contributed by atoms with Gasteiger partial charge in [-0.05, 0) is 30.5 Å². The van der Waals surface area contributed by atoms with Gasteiger partial charge in [0.25, 0.3) is 0 Å². The van der Waals surface area contributed by atoms with E-state index in [1.54, 1.807) is 11.8 Å². The van der Waals surface area contributed by atoms with Crippen LogP contribution in [0.15, 0.2) is 24.3 Å². The van der Waals surface area contributed by atoms with Crippen molar-refractivity contribution in [2.75, 3.05) is 31.4 Å². The van der Waals surface area contributed by atoms with Gasteiger partial charge in [-0.1, -0.05) is 12.1 Å². The van der Waals surface area contributed by atoms with Crippen molar-refractivity contribution in [2.45, 2.75) is 24.3 Å². The van der Waals surface area contributed by atoms with Crippen LogP contribution in [0.25, 0.3) is 0 Å². The van der Waals surface area contributed by atoms with Crippen molar-refractivity contribution in [3.8, 4) is 0 Å². The van der Waals surface area contributed by atoms with Crippen molar-refractivity contribution in [3.05, 3.63) is 35.6 Å². The number of carbonyl (C=O) groups excluding carboxylic acids is 1. The van der Waals surface area contributed by atoms with Crippen molar-refractivity contribution >= 4 is 17.7 Å². The molecule has 0 radical (unpaired) electrons. The summed E-state index contributed by atoms with van der Waals surface area (Å²) in [5, 5.41) is 6.26. The highest BCUT2D eigenvalue weighted by Crippen LogP contribution is 2.34. The molecule has 2 aliphatic rings. The molecular weight excluding hydrogens is 303 g/mol. The standard InChI is InChI=1S/C16H21FN2O2S/c17-13-3-1-12(2-4-13)16(5-7-21-8-6-16)10-18-15(20)14-9-22-11-19-14/h1-4,14,19H,5-11H2,(H,18,20). The summed E-state index contributed by atoms with van der Waals surface area (Å²) in [5.74, 6) is 1.47. The fourth-order valence-corrected chi connectivity index (χ4v) is 4.02. The quantitative estimate of drug-likeness (QED) is 0.884. The molecule has 0 bridgehead atoms. The molecule has 2 saturated heterocycles. The predicted molar refractivity (Wildman–Crippen MR) is 85.4 cm³/mol. The van der Waals surface area contributed by atoms with Crippen LogP contribution in [0.5, 0.6) is 0 Å². The van der Waals surface area contributed by atoms with Crippen LogP contribution in [-0.2, 0) is 14.9 Å². The Morgan fingerprint density at radius 1 is 1.36 bits per heavy atom. The van der Waals surface area contributed by atoms with E-state index in [2.05, 4.69) is 10.6 Å². The number of hydrogen-bond acceptors (Lipinski definition) is 4. The van der Waals surface area contributed by atoms with Crippen LogP contribution in [0.4, 0.5) is 4.39 Å². The Balaban J connectivity index is 1.71. The minimum atomic E-state index is -0.234. The zero-order chi connectivity index (χ0) is 15.4. The highest BCUT2D eigenvalue weighted by Gasteiger charge is 2.35. The van der Waals surface area contributed by atoms with E-state index in [1.807, 2.05) is 12.1 Å². The van der Waals surface area contributed by atoms with E-state index >= 15 is 0 Å². The van der Waals surface area contributed by atoms with Gasteiger partial charge >= 0.3 is 0 Å². The first kappa shape index (κ1) is 15.8. The van der Waals surface area contributed by atoms with Gasteiger partial charge in [0.15, 0.2) is 0 Å². The summed E-state index contributed by atoms with van der Waals surface area (Å²) in [6.45, 7) is 1.92. The molecule has 1 amide bonds. The molecule has 2 fully saturated rings. The highest BCUT2D eigenvalue weighted by molar-refractivity contribution is 7.99. The third-order valence-electron chi connectivity index (χ3n) is 4.54. The molecule has 22 heavy (non-hydrogen) atoms. The molecule has 1 atom stereocenters. The first-order chi connectivity index (χ1) is 10.7. The van der Waals surface area contributed by atoms with Crippen molar-refractivity contribution < 1.29 is 13.9 Å². The number of carbonyl (C=O) groups is 1. The van der Waals surface area contributed by atoms with Gasteiger partial charge in [0.05, 0.1) is 6.04 Å². The molecule has 0 spiro atoms. The van der Waals surface area contributed by atoms with Crippen molar-refractivity contribution in [1.82, 2.24) is 10.6 Å². The minimum absolute atomic E-state index is 0.0537. The van der Waals surface area contributed by atoms with Gasteiger partial charge in [0.2, 0.25) is 5.91 Å². The van der Waals surface area contributed by atoms with Gasteiger partial charge in [-0.25, -0.2) is 4.39 Å². The Hall–Kier alpha value is -1.11. The van der Waals surface area contributed by atoms with E-state index in [0.29, 0.717) is 19.8 Å². The Labute approximate surface area is 134 Å². The average molecular weight is 324 g/mol. The van der Waals surface area contributed by atoms with Gasteiger partial charge in [-0.2, -0.15) is 0 Å². The fraction of sp³-hybridized carbons (Fsp3) is 0.562. The number of nitrogens with one attached hydrogen (secondary N) is 2. The lowest BCUT2D eigenvalue weighted by Gasteiger charge is -2.38. The van der Waals surface area contributed by atoms with Crippen LogP contribution in [0.2, 0.25) is 0 Å². The van der Waals surface area contributed by atoms with E-state index in [9.17, 15) is 9.18 Å². The maximum absolute atomic E-state index is 13.2. The van der Waals surface area contributed by atoms with Crippen molar-refractivity contribution in [2.24, 2.45) is 0 Å². The molecule has 2 heterocycles. The number of rotatable bonds is 4. The topological polar surface area (TPSA) is 50.4 Å². The summed E-state index contributed by atoms with van der Waals surface area (Å²) in [6.07, 6.45) is 1.68. The molecule has 2 aliphatic heterocycles. The predicted octanol–water partition coefficient (Wildman–Crippen LogP) is 1.65. The summed E-state index contributed by atoms with van der Waals surface area (Å²) in [5.41, 5.74) is 0.916. The first-order valence-electron chi connectivity index (χ1n) is 7.62. The van der Waals surface area contributed by atoms with Crippen LogP contribution in [-0.4, -0.2) is 43.3 Å². The Kier molecular flexibility index (Phi) is 5.00. The Bertz CT molecular complexity index is 511. The molecule has 0 aliphatic carbocycles. The van der Waals surface area contributed by atoms with Crippen LogP contribution in [0, 0.1) is 5.82 Å². The van der Waals surface area contributed by atoms with Crippen LogP contribution in [0.1, 0.15) is 18.4 Å². The van der Waals surface area contributed by atoms with Crippen molar-refractivity contribution in [1.29, 1.82) is 0 Å². The van der Waals surface area contributed by atoms with Crippen molar-refractivity contribution in [3.63, 3.8) is 0 Å². The third-order valence-corrected chi connectivity index (χ3v) is 5.48. The van der Waals surface area contributed by atoms with Gasteiger partial charge < -0.3 is 10.1 Å². The second kappa shape index (κ2) is 6.98. The summed E-state index contributed by atoms with van der Waals surface area (Å²) in [4.78, 5) is 12.2. The highest BCUT2D eigenvalue weighted by atomic mass is 32.2. The zero-order valence-electron chi connectivity index (χ0n) is 12.4. The molecule has 2 N–H and O–H groups in total. The van der Waals surface area contributed by atoms with Gasteiger partial charge in [-0.15, -0.1) is 11.8 Å². The third kappa shape index (κ3) is 3.45.